The molecule has 1 saturated heterocycles. The van der Waals surface area contributed by atoms with Crippen LogP contribution in [0.25, 0.3) is 0 Å². The monoisotopic (exact) mass is 296 g/mol. The van der Waals surface area contributed by atoms with Gasteiger partial charge in [-0.2, -0.15) is 5.01 Å². The molecule has 22 heavy (non-hydrogen) atoms. The molecule has 1 heterocycles. The van der Waals surface area contributed by atoms with Crippen LogP contribution in [0.4, 0.5) is 0 Å². The van der Waals surface area contributed by atoms with Gasteiger partial charge in [-0.25, -0.2) is 0 Å². The Kier molecular flexibility index (Phi) is 2.89. The van der Waals surface area contributed by atoms with Gasteiger partial charge in [0.15, 0.2) is 0 Å². The number of hydrogen-bond donors (Lipinski definition) is 1. The van der Waals surface area contributed by atoms with Gasteiger partial charge in [-0.05, 0) is 23.8 Å². The molecular formula is C17H16N2O3. The summed E-state index contributed by atoms with van der Waals surface area (Å²) in [5, 5.41) is 0.951. The molecule has 5 heteroatoms. The molecule has 1 N–H and O–H groups in total. The predicted molar refractivity (Wildman–Crippen MR) is 77.9 cm³/mol. The summed E-state index contributed by atoms with van der Waals surface area (Å²) in [7, 11) is 0. The van der Waals surface area contributed by atoms with Crippen LogP contribution in [0.5, 0.6) is 0 Å². The number of imide groups is 1. The maximum atomic E-state index is 12.4. The summed E-state index contributed by atoms with van der Waals surface area (Å²) in [6.07, 6.45) is 5.11. The quantitative estimate of drug-likeness (QED) is 0.670. The SMILES string of the molecule is O=C(Cc1ccccc1)NN1C(=O)C2C3C=CC(C3)[C@@H]2C1=O. The first-order valence-corrected chi connectivity index (χ1v) is 7.54. The lowest BCUT2D eigenvalue weighted by Crippen LogP contribution is -2.47. The van der Waals surface area contributed by atoms with Crippen molar-refractivity contribution < 1.29 is 14.4 Å². The summed E-state index contributed by atoms with van der Waals surface area (Å²) in [6.45, 7) is 0. The zero-order valence-corrected chi connectivity index (χ0v) is 11.9. The minimum Gasteiger partial charge on any atom is -0.273 e. The summed E-state index contributed by atoms with van der Waals surface area (Å²) < 4.78 is 0. The number of nitrogens with one attached hydrogen (secondary N) is 1. The number of hydrazine groups is 1. The molecule has 1 aromatic carbocycles. The Morgan fingerprint density at radius 3 is 2.23 bits per heavy atom. The van der Waals surface area contributed by atoms with Crippen LogP contribution in [0, 0.1) is 23.7 Å². The molecule has 3 unspecified atom stereocenters. The van der Waals surface area contributed by atoms with Gasteiger partial charge in [-0.3, -0.25) is 19.8 Å². The molecule has 3 amide bonds. The molecule has 1 saturated carbocycles. The first-order valence-electron chi connectivity index (χ1n) is 7.54. The first kappa shape index (κ1) is 13.2. The van der Waals surface area contributed by atoms with Crippen LogP contribution in [0.1, 0.15) is 12.0 Å². The Hall–Kier alpha value is -2.43. The van der Waals surface area contributed by atoms with Gasteiger partial charge in [0.25, 0.3) is 11.8 Å². The summed E-state index contributed by atoms with van der Waals surface area (Å²) in [4.78, 5) is 36.9. The highest BCUT2D eigenvalue weighted by atomic mass is 16.2. The van der Waals surface area contributed by atoms with E-state index in [4.69, 9.17) is 0 Å². The molecule has 4 atom stereocenters. The predicted octanol–water partition coefficient (Wildman–Crippen LogP) is 1.07. The van der Waals surface area contributed by atoms with E-state index in [2.05, 4.69) is 5.43 Å². The number of rotatable bonds is 3. The Morgan fingerprint density at radius 1 is 1.05 bits per heavy atom. The number of allylic oxidation sites excluding steroid dienone is 2. The molecule has 1 aromatic rings. The molecule has 0 spiro atoms. The lowest BCUT2D eigenvalue weighted by molar-refractivity contribution is -0.149. The van der Waals surface area contributed by atoms with Crippen molar-refractivity contribution in [1.82, 2.24) is 10.4 Å². The molecule has 1 aliphatic heterocycles. The molecule has 2 fully saturated rings. The smallest absolute Gasteiger partial charge is 0.252 e. The molecule has 2 aliphatic carbocycles. The van der Waals surface area contributed by atoms with Crippen molar-refractivity contribution >= 4 is 17.7 Å². The Labute approximate surface area is 128 Å². The van der Waals surface area contributed by atoms with E-state index in [1.54, 1.807) is 0 Å². The molecule has 2 bridgehead atoms. The minimum absolute atomic E-state index is 0.151. The third kappa shape index (κ3) is 1.89. The fourth-order valence-electron chi connectivity index (χ4n) is 3.96. The van der Waals surface area contributed by atoms with E-state index < -0.39 is 0 Å². The van der Waals surface area contributed by atoms with Crippen molar-refractivity contribution in [2.24, 2.45) is 23.7 Å². The van der Waals surface area contributed by atoms with Gasteiger partial charge in [-0.15, -0.1) is 0 Å². The van der Waals surface area contributed by atoms with Crippen molar-refractivity contribution in [3.05, 3.63) is 48.0 Å². The van der Waals surface area contributed by atoms with Crippen LogP contribution in [0.3, 0.4) is 0 Å². The van der Waals surface area contributed by atoms with E-state index >= 15 is 0 Å². The molecule has 0 radical (unpaired) electrons. The van der Waals surface area contributed by atoms with Crippen LogP contribution in [0.2, 0.25) is 0 Å². The van der Waals surface area contributed by atoms with Crippen LogP contribution < -0.4 is 5.43 Å². The van der Waals surface area contributed by atoms with E-state index in [0.717, 1.165) is 17.0 Å². The van der Waals surface area contributed by atoms with Gasteiger partial charge in [0.2, 0.25) is 5.91 Å². The van der Waals surface area contributed by atoms with E-state index in [1.807, 2.05) is 42.5 Å². The highest BCUT2D eigenvalue weighted by Gasteiger charge is 2.59. The number of amides is 3. The zero-order chi connectivity index (χ0) is 15.3. The number of carbonyl (C=O) groups is 3. The largest absolute Gasteiger partial charge is 0.273 e. The van der Waals surface area contributed by atoms with E-state index in [-0.39, 0.29) is 47.8 Å². The minimum atomic E-state index is -0.340. The standard InChI is InChI=1S/C17H16N2O3/c20-13(8-10-4-2-1-3-5-10)18-19-16(21)14-11-6-7-12(9-11)15(14)17(19)22/h1-7,11-12,14-15H,8-9H2,(H,18,20)/t11?,12?,14-,15?/m0/s1. The Morgan fingerprint density at radius 2 is 1.64 bits per heavy atom. The summed E-state index contributed by atoms with van der Waals surface area (Å²) >= 11 is 0. The molecule has 0 aromatic heterocycles. The Balaban J connectivity index is 1.47. The van der Waals surface area contributed by atoms with Crippen LogP contribution in [-0.4, -0.2) is 22.7 Å². The van der Waals surface area contributed by atoms with Crippen LogP contribution in [0.15, 0.2) is 42.5 Å². The molecule has 3 aliphatic rings. The van der Waals surface area contributed by atoms with Crippen molar-refractivity contribution in [2.75, 3.05) is 0 Å². The number of carbonyl (C=O) groups excluding carboxylic acids is 3. The van der Waals surface area contributed by atoms with Gasteiger partial charge in [0.05, 0.1) is 18.3 Å². The second-order valence-corrected chi connectivity index (χ2v) is 6.21. The maximum absolute atomic E-state index is 12.4. The molecule has 4 rings (SSSR count). The van der Waals surface area contributed by atoms with Crippen molar-refractivity contribution in [3.8, 4) is 0 Å². The van der Waals surface area contributed by atoms with Gasteiger partial charge in [-0.1, -0.05) is 42.5 Å². The van der Waals surface area contributed by atoms with Crippen molar-refractivity contribution in [1.29, 1.82) is 0 Å². The van der Waals surface area contributed by atoms with Crippen LogP contribution >= 0.6 is 0 Å². The Bertz CT molecular complexity index is 652. The number of nitrogens with zero attached hydrogens (tertiary/aromatic N) is 1. The zero-order valence-electron chi connectivity index (χ0n) is 11.9. The van der Waals surface area contributed by atoms with Gasteiger partial charge >= 0.3 is 0 Å². The molecule has 5 nitrogen and oxygen atoms in total. The van der Waals surface area contributed by atoms with Gasteiger partial charge < -0.3 is 0 Å². The van der Waals surface area contributed by atoms with Crippen LogP contribution in [-0.2, 0) is 20.8 Å². The number of benzene rings is 1. The van der Waals surface area contributed by atoms with Gasteiger partial charge in [0, 0.05) is 0 Å². The normalized spacial score (nSPS) is 31.7. The summed E-state index contributed by atoms with van der Waals surface area (Å²) in [5.41, 5.74) is 3.34. The summed E-state index contributed by atoms with van der Waals surface area (Å²) in [5.74, 6) is -1.10. The maximum Gasteiger partial charge on any atom is 0.252 e. The highest BCUT2D eigenvalue weighted by Crippen LogP contribution is 2.52. The van der Waals surface area contributed by atoms with E-state index in [0.29, 0.717) is 0 Å². The lowest BCUT2D eigenvalue weighted by atomic mass is 9.85. The van der Waals surface area contributed by atoms with Crippen molar-refractivity contribution in [3.63, 3.8) is 0 Å². The fraction of sp³-hybridized carbons (Fsp3) is 0.353. The molecule has 112 valence electrons. The third-order valence-electron chi connectivity index (χ3n) is 4.91. The fourth-order valence-corrected chi connectivity index (χ4v) is 3.96. The summed E-state index contributed by atoms with van der Waals surface area (Å²) in [6, 6.07) is 9.25. The number of fused-ring (bicyclic) bond motifs is 5. The van der Waals surface area contributed by atoms with Gasteiger partial charge in [0.1, 0.15) is 0 Å². The second kappa shape index (κ2) is 4.80. The van der Waals surface area contributed by atoms with E-state index in [1.165, 1.54) is 0 Å². The second-order valence-electron chi connectivity index (χ2n) is 6.21. The number of hydrogen-bond acceptors (Lipinski definition) is 3. The topological polar surface area (TPSA) is 66.5 Å². The third-order valence-corrected chi connectivity index (χ3v) is 4.91. The lowest BCUT2D eigenvalue weighted by Gasteiger charge is -2.17. The highest BCUT2D eigenvalue weighted by molar-refractivity contribution is 6.07. The average molecular weight is 296 g/mol. The average Bonchev–Trinajstić information content (AvgIpc) is 3.18. The first-order chi connectivity index (χ1) is 10.6. The van der Waals surface area contributed by atoms with E-state index in [9.17, 15) is 14.4 Å². The van der Waals surface area contributed by atoms with Crippen molar-refractivity contribution in [2.45, 2.75) is 12.8 Å². The molecular weight excluding hydrogens is 280 g/mol.